The molecule has 0 aliphatic rings. The quantitative estimate of drug-likeness (QED) is 0.669. The molecule has 0 aliphatic heterocycles. The molecule has 0 radical (unpaired) electrons. The van der Waals surface area contributed by atoms with Crippen molar-refractivity contribution in [2.45, 2.75) is 13.2 Å². The smallest absolute Gasteiger partial charge is 0.162 e. The number of hydrogen-bond acceptors (Lipinski definition) is 4. The van der Waals surface area contributed by atoms with E-state index in [9.17, 15) is 4.79 Å². The number of carbonyl (C=O) groups is 1. The highest BCUT2D eigenvalue weighted by atomic mass is 16.5. The number of benzene rings is 1. The molecule has 0 aliphatic carbocycles. The van der Waals surface area contributed by atoms with Gasteiger partial charge in [-0.3, -0.25) is 4.79 Å². The minimum absolute atomic E-state index is 0.419. The molecule has 3 rings (SSSR count). The van der Waals surface area contributed by atoms with E-state index >= 15 is 0 Å². The van der Waals surface area contributed by atoms with Crippen molar-refractivity contribution < 1.29 is 14.1 Å². The number of hydrogen-bond donors (Lipinski definition) is 0. The van der Waals surface area contributed by atoms with Gasteiger partial charge in [-0.25, -0.2) is 0 Å². The highest BCUT2D eigenvalue weighted by Crippen LogP contribution is 2.18. The summed E-state index contributed by atoms with van der Waals surface area (Å²) in [5, 5.41) is 5.06. The van der Waals surface area contributed by atoms with Crippen LogP contribution in [0.15, 0.2) is 41.1 Å². The van der Waals surface area contributed by atoms with Crippen molar-refractivity contribution >= 4 is 17.2 Å². The van der Waals surface area contributed by atoms with Gasteiger partial charge in [0.2, 0.25) is 0 Å². The number of rotatable bonds is 5. The minimum atomic E-state index is 0.419. The molecule has 0 bridgehead atoms. The van der Waals surface area contributed by atoms with Gasteiger partial charge in [0, 0.05) is 35.8 Å². The maximum Gasteiger partial charge on any atom is 0.162 e. The van der Waals surface area contributed by atoms with Gasteiger partial charge in [-0.15, -0.1) is 0 Å². The first kappa shape index (κ1) is 12.6. The van der Waals surface area contributed by atoms with E-state index in [4.69, 9.17) is 9.26 Å². The van der Waals surface area contributed by atoms with E-state index in [1.807, 2.05) is 36.5 Å². The molecule has 5 heteroatoms. The third kappa shape index (κ3) is 2.35. The van der Waals surface area contributed by atoms with E-state index < -0.39 is 0 Å². The second-order valence-electron chi connectivity index (χ2n) is 4.60. The van der Waals surface area contributed by atoms with Gasteiger partial charge in [0.1, 0.15) is 18.6 Å². The predicted molar refractivity (Wildman–Crippen MR) is 73.6 cm³/mol. The van der Waals surface area contributed by atoms with E-state index in [0.717, 1.165) is 22.9 Å². The monoisotopic (exact) mass is 270 g/mol. The fourth-order valence-corrected chi connectivity index (χ4v) is 2.24. The zero-order valence-corrected chi connectivity index (χ0v) is 11.1. The van der Waals surface area contributed by atoms with Crippen LogP contribution < -0.4 is 0 Å². The van der Waals surface area contributed by atoms with Crippen molar-refractivity contribution in [2.24, 2.45) is 0 Å². The molecule has 0 N–H and O–H groups in total. The maximum atomic E-state index is 10.8. The summed E-state index contributed by atoms with van der Waals surface area (Å²) in [6, 6.07) is 9.49. The Morgan fingerprint density at radius 1 is 1.35 bits per heavy atom. The Hall–Kier alpha value is -2.40. The van der Waals surface area contributed by atoms with Crippen LogP contribution in [0.2, 0.25) is 0 Å². The summed E-state index contributed by atoms with van der Waals surface area (Å²) in [5.41, 5.74) is 2.58. The number of nitrogens with zero attached hydrogens (tertiary/aromatic N) is 2. The molecule has 0 fully saturated rings. The van der Waals surface area contributed by atoms with Gasteiger partial charge in [-0.2, -0.15) is 0 Å². The van der Waals surface area contributed by atoms with Crippen LogP contribution in [0.4, 0.5) is 0 Å². The van der Waals surface area contributed by atoms with Crippen LogP contribution in [0, 0.1) is 0 Å². The van der Waals surface area contributed by atoms with Gasteiger partial charge in [0.15, 0.2) is 5.76 Å². The van der Waals surface area contributed by atoms with E-state index in [2.05, 4.69) is 9.72 Å². The van der Waals surface area contributed by atoms with Crippen LogP contribution in [-0.2, 0) is 17.9 Å². The molecule has 2 heterocycles. The summed E-state index contributed by atoms with van der Waals surface area (Å²) in [7, 11) is 1.62. The average molecular weight is 270 g/mol. The molecule has 0 saturated carbocycles. The molecule has 3 aromatic rings. The molecule has 0 saturated heterocycles. The first-order chi connectivity index (χ1) is 9.80. The molecular formula is C15H14N2O3. The molecule has 0 unspecified atom stereocenters. The predicted octanol–water partition coefficient (Wildman–Crippen LogP) is 2.64. The first-order valence-corrected chi connectivity index (χ1v) is 6.27. The Morgan fingerprint density at radius 2 is 2.25 bits per heavy atom. The van der Waals surface area contributed by atoms with E-state index in [-0.39, 0.29) is 0 Å². The molecule has 1 aromatic carbocycles. The summed E-state index contributed by atoms with van der Waals surface area (Å²) >= 11 is 0. The zero-order valence-electron chi connectivity index (χ0n) is 11.1. The van der Waals surface area contributed by atoms with Crippen LogP contribution >= 0.6 is 0 Å². The van der Waals surface area contributed by atoms with Crippen molar-refractivity contribution in [3.63, 3.8) is 0 Å². The van der Waals surface area contributed by atoms with E-state index in [1.54, 1.807) is 7.11 Å². The SMILES string of the molecule is COCc1cc(Cn2ccc3cc(C=O)ccc32)no1. The number of carbonyl (C=O) groups excluding carboxylic acids is 1. The maximum absolute atomic E-state index is 10.8. The van der Waals surface area contributed by atoms with Gasteiger partial charge in [-0.1, -0.05) is 5.16 Å². The van der Waals surface area contributed by atoms with Crippen LogP contribution in [0.5, 0.6) is 0 Å². The normalized spacial score (nSPS) is 11.1. The van der Waals surface area contributed by atoms with Gasteiger partial charge < -0.3 is 13.8 Å². The number of methoxy groups -OCH3 is 1. The van der Waals surface area contributed by atoms with Crippen LogP contribution in [0.1, 0.15) is 21.8 Å². The third-order valence-corrected chi connectivity index (χ3v) is 3.16. The molecule has 2 aromatic heterocycles. The van der Waals surface area contributed by atoms with E-state index in [0.29, 0.717) is 24.5 Å². The molecule has 102 valence electrons. The highest BCUT2D eigenvalue weighted by molar-refractivity contribution is 5.87. The number of ether oxygens (including phenoxy) is 1. The van der Waals surface area contributed by atoms with Gasteiger partial charge in [0.25, 0.3) is 0 Å². The molecule has 20 heavy (non-hydrogen) atoms. The number of fused-ring (bicyclic) bond motifs is 1. The fourth-order valence-electron chi connectivity index (χ4n) is 2.24. The second kappa shape index (κ2) is 5.30. The van der Waals surface area contributed by atoms with Crippen LogP contribution in [-0.4, -0.2) is 23.1 Å². The zero-order chi connectivity index (χ0) is 13.9. The van der Waals surface area contributed by atoms with Gasteiger partial charge >= 0.3 is 0 Å². The highest BCUT2D eigenvalue weighted by Gasteiger charge is 2.07. The average Bonchev–Trinajstić information content (AvgIpc) is 3.07. The number of aromatic nitrogens is 2. The Balaban J connectivity index is 1.88. The Morgan fingerprint density at radius 3 is 3.05 bits per heavy atom. The lowest BCUT2D eigenvalue weighted by Crippen LogP contribution is -1.97. The van der Waals surface area contributed by atoms with Crippen LogP contribution in [0.25, 0.3) is 10.9 Å². The molecule has 5 nitrogen and oxygen atoms in total. The second-order valence-corrected chi connectivity index (χ2v) is 4.60. The Kier molecular flexibility index (Phi) is 3.35. The van der Waals surface area contributed by atoms with Crippen molar-refractivity contribution in [1.82, 2.24) is 9.72 Å². The summed E-state index contributed by atoms with van der Waals surface area (Å²) in [6.07, 6.45) is 2.83. The first-order valence-electron chi connectivity index (χ1n) is 6.27. The van der Waals surface area contributed by atoms with Crippen molar-refractivity contribution in [2.75, 3.05) is 7.11 Å². The topological polar surface area (TPSA) is 57.3 Å². The lowest BCUT2D eigenvalue weighted by molar-refractivity contribution is 0.112. The molecule has 0 spiro atoms. The molecular weight excluding hydrogens is 256 g/mol. The minimum Gasteiger partial charge on any atom is -0.377 e. The summed E-state index contributed by atoms with van der Waals surface area (Å²) < 4.78 is 12.2. The van der Waals surface area contributed by atoms with Gasteiger partial charge in [0.05, 0.1) is 6.54 Å². The summed E-state index contributed by atoms with van der Waals surface area (Å²) in [4.78, 5) is 10.8. The Labute approximate surface area is 115 Å². The third-order valence-electron chi connectivity index (χ3n) is 3.16. The molecule has 0 atom stereocenters. The Bertz CT molecular complexity index is 742. The van der Waals surface area contributed by atoms with Crippen molar-refractivity contribution in [3.8, 4) is 0 Å². The van der Waals surface area contributed by atoms with Crippen molar-refractivity contribution in [3.05, 3.63) is 53.5 Å². The van der Waals surface area contributed by atoms with Crippen LogP contribution in [0.3, 0.4) is 0 Å². The summed E-state index contributed by atoms with van der Waals surface area (Å²) in [6.45, 7) is 1.04. The fraction of sp³-hybridized carbons (Fsp3) is 0.200. The van der Waals surface area contributed by atoms with Crippen molar-refractivity contribution in [1.29, 1.82) is 0 Å². The summed E-state index contributed by atoms with van der Waals surface area (Å²) in [5.74, 6) is 0.710. The lowest BCUT2D eigenvalue weighted by atomic mass is 10.2. The largest absolute Gasteiger partial charge is 0.377 e. The number of aldehydes is 1. The lowest BCUT2D eigenvalue weighted by Gasteiger charge is -2.02. The van der Waals surface area contributed by atoms with E-state index in [1.165, 1.54) is 0 Å². The molecule has 0 amide bonds. The standard InChI is InChI=1S/C15H14N2O3/c1-19-10-14-7-13(16-20-14)8-17-5-4-12-6-11(9-18)2-3-15(12)17/h2-7,9H,8,10H2,1H3. The van der Waals surface area contributed by atoms with Gasteiger partial charge in [-0.05, 0) is 24.3 Å².